The Kier molecular flexibility index (Phi) is 8.03. The normalized spacial score (nSPS) is 12.0. The van der Waals surface area contributed by atoms with Crippen LogP contribution >= 0.6 is 8.58 Å². The molecule has 23 heavy (non-hydrogen) atoms. The van der Waals surface area contributed by atoms with E-state index < -0.39 is 0 Å². The third-order valence-electron chi connectivity index (χ3n) is 3.45. The van der Waals surface area contributed by atoms with Gasteiger partial charge in [-0.25, -0.2) is 0 Å². The summed E-state index contributed by atoms with van der Waals surface area (Å²) in [7, 11) is 1.72. The molecule has 2 aromatic rings. The number of benzene rings is 2. The van der Waals surface area contributed by atoms with Crippen LogP contribution in [0.3, 0.4) is 0 Å². The SMILES string of the molecule is COC(C)Oc1ccc(PC(=O)c2c(C)cccc2C)cc1.[LiH]. The maximum absolute atomic E-state index is 12.5. The Balaban J connectivity index is 0.00000264. The first-order chi connectivity index (χ1) is 10.5. The van der Waals surface area contributed by atoms with Crippen LogP contribution < -0.4 is 10.0 Å². The van der Waals surface area contributed by atoms with Gasteiger partial charge in [0.25, 0.3) is 0 Å². The van der Waals surface area contributed by atoms with E-state index >= 15 is 0 Å². The number of hydrogen-bond donors (Lipinski definition) is 0. The average molecular weight is 324 g/mol. The third-order valence-corrected chi connectivity index (χ3v) is 4.55. The van der Waals surface area contributed by atoms with Crippen molar-refractivity contribution >= 4 is 38.3 Å². The molecule has 2 unspecified atom stereocenters. The van der Waals surface area contributed by atoms with Crippen LogP contribution in [0.4, 0.5) is 0 Å². The minimum atomic E-state index is -0.287. The van der Waals surface area contributed by atoms with E-state index in [0.29, 0.717) is 0 Å². The van der Waals surface area contributed by atoms with Gasteiger partial charge in [-0.15, -0.1) is 0 Å². The fraction of sp³-hybridized carbons (Fsp3) is 0.278. The second-order valence-electron chi connectivity index (χ2n) is 5.17. The van der Waals surface area contributed by atoms with Gasteiger partial charge < -0.3 is 9.47 Å². The van der Waals surface area contributed by atoms with Crippen molar-refractivity contribution in [3.8, 4) is 5.75 Å². The van der Waals surface area contributed by atoms with Gasteiger partial charge in [-0.1, -0.05) is 30.3 Å². The van der Waals surface area contributed by atoms with E-state index in [-0.39, 0.29) is 39.3 Å². The van der Waals surface area contributed by atoms with Crippen LogP contribution in [-0.2, 0) is 4.74 Å². The molecule has 0 aliphatic carbocycles. The van der Waals surface area contributed by atoms with Gasteiger partial charge in [-0.3, -0.25) is 4.79 Å². The third kappa shape index (κ3) is 5.48. The molecule has 0 heterocycles. The molecule has 0 spiro atoms. The molecule has 3 nitrogen and oxygen atoms in total. The number of carbonyl (C=O) groups excluding carboxylic acids is 1. The van der Waals surface area contributed by atoms with Crippen molar-refractivity contribution in [3.05, 3.63) is 59.2 Å². The zero-order chi connectivity index (χ0) is 16.1. The molecule has 0 aliphatic rings. The van der Waals surface area contributed by atoms with Gasteiger partial charge in [0.05, 0.1) is 0 Å². The molecular formula is C18H22LiO3P. The van der Waals surface area contributed by atoms with Crippen molar-refractivity contribution in [2.45, 2.75) is 27.1 Å². The molecule has 2 atom stereocenters. The number of ether oxygens (including phenoxy) is 2. The van der Waals surface area contributed by atoms with Gasteiger partial charge in [-0.2, -0.15) is 0 Å². The van der Waals surface area contributed by atoms with E-state index in [0.717, 1.165) is 27.7 Å². The fourth-order valence-electron chi connectivity index (χ4n) is 2.22. The molecule has 0 N–H and O–H groups in total. The Morgan fingerprint density at radius 1 is 1.04 bits per heavy atom. The van der Waals surface area contributed by atoms with E-state index in [1.165, 1.54) is 0 Å². The molecule has 0 amide bonds. The summed E-state index contributed by atoms with van der Waals surface area (Å²) in [6.45, 7) is 5.79. The van der Waals surface area contributed by atoms with E-state index in [4.69, 9.17) is 9.47 Å². The van der Waals surface area contributed by atoms with Gasteiger partial charge in [-0.05, 0) is 57.9 Å². The Bertz CT molecular complexity index is 636. The standard InChI is InChI=1S/C18H21O3P.Li.H/c1-12-6-5-7-13(2)17(12)18(19)22-16-10-8-15(9-11-16)21-14(3)20-4;;/h5-11,14,22H,1-4H3;;. The molecule has 0 aromatic heterocycles. The van der Waals surface area contributed by atoms with Crippen LogP contribution in [0.15, 0.2) is 42.5 Å². The van der Waals surface area contributed by atoms with Crippen LogP contribution in [0.25, 0.3) is 0 Å². The summed E-state index contributed by atoms with van der Waals surface area (Å²) in [4.78, 5) is 12.5. The molecule has 118 valence electrons. The molecule has 5 heteroatoms. The second kappa shape index (κ2) is 9.26. The molecule has 0 radical (unpaired) electrons. The van der Waals surface area contributed by atoms with Crippen molar-refractivity contribution in [1.29, 1.82) is 0 Å². The summed E-state index contributed by atoms with van der Waals surface area (Å²) in [5.41, 5.74) is 3.08. The number of carbonyl (C=O) groups is 1. The first-order valence-corrected chi connectivity index (χ1v) is 8.18. The van der Waals surface area contributed by atoms with Crippen molar-refractivity contribution in [2.24, 2.45) is 0 Å². The van der Waals surface area contributed by atoms with Crippen LogP contribution in [0.1, 0.15) is 28.4 Å². The molecule has 0 bridgehead atoms. The van der Waals surface area contributed by atoms with Crippen molar-refractivity contribution in [1.82, 2.24) is 0 Å². The first kappa shape index (κ1) is 19.9. The average Bonchev–Trinajstić information content (AvgIpc) is 2.49. The first-order valence-electron chi connectivity index (χ1n) is 7.18. The van der Waals surface area contributed by atoms with E-state index in [1.807, 2.05) is 63.2 Å². The predicted octanol–water partition coefficient (Wildman–Crippen LogP) is 3.17. The Morgan fingerprint density at radius 2 is 1.61 bits per heavy atom. The van der Waals surface area contributed by atoms with Gasteiger partial charge in [0.2, 0.25) is 0 Å². The fourth-order valence-corrected chi connectivity index (χ4v) is 3.34. The van der Waals surface area contributed by atoms with Gasteiger partial charge in [0.1, 0.15) is 5.75 Å². The predicted molar refractivity (Wildman–Crippen MR) is 98.9 cm³/mol. The molecule has 2 aromatic carbocycles. The Morgan fingerprint density at radius 3 is 2.13 bits per heavy atom. The summed E-state index contributed by atoms with van der Waals surface area (Å²) in [5, 5.41) is 1.00. The zero-order valence-corrected chi connectivity index (χ0v) is 14.3. The summed E-state index contributed by atoms with van der Waals surface area (Å²) in [5.74, 6) is 0.738. The summed E-state index contributed by atoms with van der Waals surface area (Å²) in [6, 6.07) is 13.5. The van der Waals surface area contributed by atoms with Gasteiger partial charge in [0, 0.05) is 12.7 Å². The van der Waals surface area contributed by atoms with Crippen LogP contribution in [-0.4, -0.2) is 37.8 Å². The quantitative estimate of drug-likeness (QED) is 0.465. The number of hydrogen-bond acceptors (Lipinski definition) is 3. The Labute approximate surface area is 151 Å². The van der Waals surface area contributed by atoms with Crippen molar-refractivity contribution in [2.75, 3.05) is 7.11 Å². The van der Waals surface area contributed by atoms with E-state index in [2.05, 4.69) is 0 Å². The zero-order valence-electron chi connectivity index (χ0n) is 13.3. The van der Waals surface area contributed by atoms with Crippen molar-refractivity contribution < 1.29 is 14.3 Å². The number of aryl methyl sites for hydroxylation is 2. The number of rotatable bonds is 6. The van der Waals surface area contributed by atoms with Crippen LogP contribution in [0.5, 0.6) is 5.75 Å². The van der Waals surface area contributed by atoms with E-state index in [9.17, 15) is 4.79 Å². The van der Waals surface area contributed by atoms with Gasteiger partial charge in [0.15, 0.2) is 11.8 Å². The monoisotopic (exact) mass is 324 g/mol. The van der Waals surface area contributed by atoms with Crippen LogP contribution in [0.2, 0.25) is 0 Å². The van der Waals surface area contributed by atoms with Gasteiger partial charge >= 0.3 is 18.9 Å². The molecule has 0 aliphatic heterocycles. The summed E-state index contributed by atoms with van der Waals surface area (Å²) in [6.07, 6.45) is -0.287. The van der Waals surface area contributed by atoms with Crippen molar-refractivity contribution in [3.63, 3.8) is 0 Å². The molecular weight excluding hydrogens is 302 g/mol. The topological polar surface area (TPSA) is 35.5 Å². The number of methoxy groups -OCH3 is 1. The summed E-state index contributed by atoms with van der Waals surface area (Å²) < 4.78 is 10.6. The van der Waals surface area contributed by atoms with E-state index in [1.54, 1.807) is 7.11 Å². The molecule has 2 rings (SSSR count). The van der Waals surface area contributed by atoms with Crippen LogP contribution in [0, 0.1) is 13.8 Å². The molecule has 0 saturated heterocycles. The molecule has 0 saturated carbocycles. The summed E-state index contributed by atoms with van der Waals surface area (Å²) >= 11 is 0. The Hall–Kier alpha value is -1.10. The maximum atomic E-state index is 12.5. The second-order valence-corrected chi connectivity index (χ2v) is 6.45. The molecule has 0 fully saturated rings. The minimum absolute atomic E-state index is 0.